The smallest absolute Gasteiger partial charge is 0.358 e. The van der Waals surface area contributed by atoms with Gasteiger partial charge >= 0.3 is 5.97 Å². The summed E-state index contributed by atoms with van der Waals surface area (Å²) in [5.41, 5.74) is 6.20. The van der Waals surface area contributed by atoms with E-state index in [2.05, 4.69) is 14.7 Å². The Morgan fingerprint density at radius 3 is 2.65 bits per heavy atom. The van der Waals surface area contributed by atoms with Crippen molar-refractivity contribution in [3.05, 3.63) is 18.1 Å². The summed E-state index contributed by atoms with van der Waals surface area (Å²) in [5.74, 6) is -0.221. The number of esters is 1. The second kappa shape index (κ2) is 6.65. The molecule has 1 saturated carbocycles. The Morgan fingerprint density at radius 1 is 1.30 bits per heavy atom. The quantitative estimate of drug-likeness (QED) is 0.666. The van der Waals surface area contributed by atoms with Crippen LogP contribution < -0.4 is 10.5 Å². The summed E-state index contributed by atoms with van der Waals surface area (Å²) in [5, 5.41) is 0. The molecule has 1 aliphatic carbocycles. The Morgan fingerprint density at radius 2 is 2.00 bits per heavy atom. The van der Waals surface area contributed by atoms with Crippen LogP contribution in [0.1, 0.15) is 49.0 Å². The first-order valence-electron chi connectivity index (χ1n) is 6.95. The number of aromatic nitrogens is 2. The van der Waals surface area contributed by atoms with Crippen LogP contribution in [0.3, 0.4) is 0 Å². The molecule has 0 spiro atoms. The van der Waals surface area contributed by atoms with E-state index < -0.39 is 5.97 Å². The number of carbonyl (C=O) groups excluding carboxylic acids is 1. The van der Waals surface area contributed by atoms with Crippen molar-refractivity contribution in [3.8, 4) is 5.88 Å². The minimum absolute atomic E-state index is 0.136. The first-order chi connectivity index (χ1) is 9.63. The maximum Gasteiger partial charge on any atom is 0.358 e. The third-order valence-corrected chi connectivity index (χ3v) is 3.61. The summed E-state index contributed by atoms with van der Waals surface area (Å²) < 4.78 is 10.2. The molecule has 1 aromatic heterocycles. The monoisotopic (exact) mass is 279 g/mol. The molecule has 20 heavy (non-hydrogen) atoms. The normalized spacial score (nSPS) is 18.1. The lowest BCUT2D eigenvalue weighted by Gasteiger charge is -2.27. The van der Waals surface area contributed by atoms with E-state index >= 15 is 0 Å². The molecule has 110 valence electrons. The summed E-state index contributed by atoms with van der Waals surface area (Å²) in [6, 6.07) is 0. The molecular weight excluding hydrogens is 258 g/mol. The zero-order chi connectivity index (χ0) is 14.4. The van der Waals surface area contributed by atoms with Crippen LogP contribution in [0.2, 0.25) is 0 Å². The first-order valence-corrected chi connectivity index (χ1v) is 6.95. The molecule has 1 aromatic rings. The molecule has 6 heteroatoms. The number of nitrogens with zero attached hydrogens (tertiary/aromatic N) is 2. The fourth-order valence-corrected chi connectivity index (χ4v) is 2.42. The molecule has 1 fully saturated rings. The lowest BCUT2D eigenvalue weighted by atomic mass is 9.93. The molecule has 0 bridgehead atoms. The lowest BCUT2D eigenvalue weighted by Crippen LogP contribution is -2.45. The second-order valence-corrected chi connectivity index (χ2v) is 5.30. The highest BCUT2D eigenvalue weighted by atomic mass is 16.5. The van der Waals surface area contributed by atoms with Gasteiger partial charge in [-0.3, -0.25) is 4.98 Å². The summed E-state index contributed by atoms with van der Waals surface area (Å²) >= 11 is 0. The standard InChI is InChI=1S/C14H21N3O3/c1-19-13(18)11-8-16-9-12(17-11)20-10-14(15)6-4-2-3-5-7-14/h8-9H,2-7,10,15H2,1H3. The van der Waals surface area contributed by atoms with Crippen LogP contribution in [0.25, 0.3) is 0 Å². The van der Waals surface area contributed by atoms with E-state index in [0.29, 0.717) is 12.5 Å². The highest BCUT2D eigenvalue weighted by Gasteiger charge is 2.27. The third kappa shape index (κ3) is 3.90. The summed E-state index contributed by atoms with van der Waals surface area (Å²) in [6.45, 7) is 0.395. The van der Waals surface area contributed by atoms with Crippen molar-refractivity contribution < 1.29 is 14.3 Å². The van der Waals surface area contributed by atoms with Gasteiger partial charge in [-0.15, -0.1) is 0 Å². The third-order valence-electron chi connectivity index (χ3n) is 3.61. The topological polar surface area (TPSA) is 87.3 Å². The Bertz CT molecular complexity index is 457. The van der Waals surface area contributed by atoms with E-state index in [1.165, 1.54) is 32.3 Å². The van der Waals surface area contributed by atoms with Crippen molar-refractivity contribution in [2.45, 2.75) is 44.1 Å². The molecule has 2 rings (SSSR count). The summed E-state index contributed by atoms with van der Waals surface area (Å²) in [4.78, 5) is 19.4. The molecule has 0 aliphatic heterocycles. The van der Waals surface area contributed by atoms with Crippen molar-refractivity contribution >= 4 is 5.97 Å². The van der Waals surface area contributed by atoms with Crippen LogP contribution in [0.5, 0.6) is 5.88 Å². The number of methoxy groups -OCH3 is 1. The van der Waals surface area contributed by atoms with Gasteiger partial charge < -0.3 is 15.2 Å². The van der Waals surface area contributed by atoms with Crippen LogP contribution in [-0.2, 0) is 4.74 Å². The van der Waals surface area contributed by atoms with Crippen LogP contribution in [-0.4, -0.2) is 35.2 Å². The molecule has 1 aliphatic rings. The highest BCUT2D eigenvalue weighted by Crippen LogP contribution is 2.25. The van der Waals surface area contributed by atoms with E-state index in [4.69, 9.17) is 10.5 Å². The zero-order valence-electron chi connectivity index (χ0n) is 11.8. The predicted octanol–water partition coefficient (Wildman–Crippen LogP) is 1.69. The lowest BCUT2D eigenvalue weighted by molar-refractivity contribution is 0.0591. The number of rotatable bonds is 4. The van der Waals surface area contributed by atoms with Gasteiger partial charge in [0.15, 0.2) is 5.69 Å². The number of hydrogen-bond donors (Lipinski definition) is 1. The number of hydrogen-bond acceptors (Lipinski definition) is 6. The van der Waals surface area contributed by atoms with Crippen molar-refractivity contribution in [1.29, 1.82) is 0 Å². The average molecular weight is 279 g/mol. The first kappa shape index (κ1) is 14.7. The Labute approximate surface area is 118 Å². The van der Waals surface area contributed by atoms with Crippen LogP contribution >= 0.6 is 0 Å². The van der Waals surface area contributed by atoms with Gasteiger partial charge in [-0.2, -0.15) is 0 Å². The average Bonchev–Trinajstić information content (AvgIpc) is 2.70. The molecule has 0 atom stereocenters. The molecule has 1 heterocycles. The van der Waals surface area contributed by atoms with Gasteiger partial charge in [0.1, 0.15) is 6.61 Å². The van der Waals surface area contributed by atoms with Gasteiger partial charge in [-0.25, -0.2) is 9.78 Å². The van der Waals surface area contributed by atoms with E-state index in [9.17, 15) is 4.79 Å². The van der Waals surface area contributed by atoms with Gasteiger partial charge in [-0.1, -0.05) is 25.7 Å². The molecular formula is C14H21N3O3. The van der Waals surface area contributed by atoms with Gasteiger partial charge in [0.2, 0.25) is 5.88 Å². The van der Waals surface area contributed by atoms with Crippen molar-refractivity contribution in [2.75, 3.05) is 13.7 Å². The van der Waals surface area contributed by atoms with Crippen molar-refractivity contribution in [2.24, 2.45) is 5.73 Å². The van der Waals surface area contributed by atoms with Crippen molar-refractivity contribution in [1.82, 2.24) is 9.97 Å². The fraction of sp³-hybridized carbons (Fsp3) is 0.643. The molecule has 6 nitrogen and oxygen atoms in total. The van der Waals surface area contributed by atoms with Crippen LogP contribution in [0, 0.1) is 0 Å². The second-order valence-electron chi connectivity index (χ2n) is 5.30. The van der Waals surface area contributed by atoms with Gasteiger partial charge in [0.25, 0.3) is 0 Å². The highest BCUT2D eigenvalue weighted by molar-refractivity contribution is 5.86. The predicted molar refractivity (Wildman–Crippen MR) is 73.5 cm³/mol. The van der Waals surface area contributed by atoms with Gasteiger partial charge in [0.05, 0.1) is 25.0 Å². The van der Waals surface area contributed by atoms with E-state index in [1.807, 2.05) is 0 Å². The number of carbonyl (C=O) groups is 1. The zero-order valence-corrected chi connectivity index (χ0v) is 11.8. The largest absolute Gasteiger partial charge is 0.475 e. The van der Waals surface area contributed by atoms with E-state index in [0.717, 1.165) is 25.7 Å². The van der Waals surface area contributed by atoms with E-state index in [1.54, 1.807) is 0 Å². The Balaban J connectivity index is 1.97. The Kier molecular flexibility index (Phi) is 4.89. The molecule has 0 amide bonds. The minimum atomic E-state index is -0.528. The van der Waals surface area contributed by atoms with Crippen LogP contribution in [0.4, 0.5) is 0 Å². The minimum Gasteiger partial charge on any atom is -0.475 e. The summed E-state index contributed by atoms with van der Waals surface area (Å²) in [6.07, 6.45) is 9.47. The Hall–Kier alpha value is -1.69. The molecule has 0 aromatic carbocycles. The van der Waals surface area contributed by atoms with Crippen molar-refractivity contribution in [3.63, 3.8) is 0 Å². The molecule has 2 N–H and O–H groups in total. The van der Waals surface area contributed by atoms with Crippen LogP contribution in [0.15, 0.2) is 12.4 Å². The SMILES string of the molecule is COC(=O)c1cncc(OCC2(N)CCCCCC2)n1. The fourth-order valence-electron chi connectivity index (χ4n) is 2.42. The van der Waals surface area contributed by atoms with Gasteiger partial charge in [0, 0.05) is 0 Å². The number of ether oxygens (including phenoxy) is 2. The molecule has 0 unspecified atom stereocenters. The van der Waals surface area contributed by atoms with Gasteiger partial charge in [-0.05, 0) is 12.8 Å². The van der Waals surface area contributed by atoms with E-state index in [-0.39, 0.29) is 11.2 Å². The molecule has 0 saturated heterocycles. The molecule has 0 radical (unpaired) electrons. The number of nitrogens with two attached hydrogens (primary N) is 1. The maximum atomic E-state index is 11.4. The summed E-state index contributed by atoms with van der Waals surface area (Å²) in [7, 11) is 1.30. The maximum absolute atomic E-state index is 11.4.